The standard InChI is InChI=1S/C21H22N6O2/c22-10-15(13-7-8-24-16-4-2-1-3-14(13)16)20-26-18(9-19(23)27-20)12-5-6-17(21(28)29)25-11-12/h1-4,7-10,12,17,22,25,27H,5-6,11,23H2,(H,28,29)/b20-15+,22-10?. The summed E-state index contributed by atoms with van der Waals surface area (Å²) in [5.41, 5.74) is 9.20. The molecule has 1 aromatic carbocycles. The van der Waals surface area contributed by atoms with Gasteiger partial charge in [0.2, 0.25) is 0 Å². The highest BCUT2D eigenvalue weighted by Gasteiger charge is 2.29. The highest BCUT2D eigenvalue weighted by atomic mass is 16.4. The zero-order chi connectivity index (χ0) is 20.4. The summed E-state index contributed by atoms with van der Waals surface area (Å²) in [6.45, 7) is 0.519. The van der Waals surface area contributed by atoms with E-state index < -0.39 is 12.0 Å². The Morgan fingerprint density at radius 1 is 1.28 bits per heavy atom. The van der Waals surface area contributed by atoms with Gasteiger partial charge < -0.3 is 26.9 Å². The van der Waals surface area contributed by atoms with Crippen molar-refractivity contribution in [3.63, 3.8) is 0 Å². The maximum Gasteiger partial charge on any atom is 0.320 e. The molecule has 1 fully saturated rings. The van der Waals surface area contributed by atoms with Crippen LogP contribution in [0.5, 0.6) is 0 Å². The van der Waals surface area contributed by atoms with Gasteiger partial charge in [-0.2, -0.15) is 0 Å². The largest absolute Gasteiger partial charge is 0.480 e. The van der Waals surface area contributed by atoms with Crippen LogP contribution in [-0.2, 0) is 4.79 Å². The Balaban J connectivity index is 1.72. The number of hydrogen-bond donors (Lipinski definition) is 5. The molecule has 2 unspecified atom stereocenters. The number of carboxylic acid groups (broad SMARTS) is 1. The lowest BCUT2D eigenvalue weighted by atomic mass is 9.90. The summed E-state index contributed by atoms with van der Waals surface area (Å²) in [6, 6.07) is 9.09. The smallest absolute Gasteiger partial charge is 0.320 e. The molecule has 0 bridgehead atoms. The first-order valence-electron chi connectivity index (χ1n) is 9.44. The van der Waals surface area contributed by atoms with E-state index in [1.54, 1.807) is 12.3 Å². The number of nitrogens with one attached hydrogen (secondary N) is 3. The number of para-hydroxylation sites is 1. The number of piperidine rings is 1. The summed E-state index contributed by atoms with van der Waals surface area (Å²) in [5, 5.41) is 24.2. The van der Waals surface area contributed by atoms with Crippen LogP contribution in [0.25, 0.3) is 16.5 Å². The Hall–Kier alpha value is -3.52. The van der Waals surface area contributed by atoms with Gasteiger partial charge in [0.15, 0.2) is 0 Å². The number of rotatable bonds is 4. The van der Waals surface area contributed by atoms with Crippen LogP contribution in [-0.4, -0.2) is 40.6 Å². The van der Waals surface area contributed by atoms with Gasteiger partial charge in [-0.1, -0.05) is 18.2 Å². The zero-order valence-electron chi connectivity index (χ0n) is 15.7. The second-order valence-electron chi connectivity index (χ2n) is 7.12. The van der Waals surface area contributed by atoms with Gasteiger partial charge in [-0.3, -0.25) is 9.78 Å². The number of aliphatic imine (C=N–C) groups is 1. The summed E-state index contributed by atoms with van der Waals surface area (Å²) >= 11 is 0. The summed E-state index contributed by atoms with van der Waals surface area (Å²) < 4.78 is 0. The molecule has 6 N–H and O–H groups in total. The summed E-state index contributed by atoms with van der Waals surface area (Å²) in [5.74, 6) is 0.180. The summed E-state index contributed by atoms with van der Waals surface area (Å²) in [6.07, 6.45) is 6.00. The molecule has 0 spiro atoms. The SMILES string of the molecule is N=C/C(=C1/N=C(C2CCC(C(=O)O)NC2)C=C(N)N1)c1ccnc2ccccc12. The lowest BCUT2D eigenvalue weighted by Crippen LogP contribution is -2.46. The van der Waals surface area contributed by atoms with Gasteiger partial charge in [0.25, 0.3) is 0 Å². The van der Waals surface area contributed by atoms with Gasteiger partial charge in [0.1, 0.15) is 17.7 Å². The van der Waals surface area contributed by atoms with Crippen LogP contribution in [0.4, 0.5) is 0 Å². The minimum absolute atomic E-state index is 0.0578. The molecule has 0 saturated carbocycles. The number of fused-ring (bicyclic) bond motifs is 1. The van der Waals surface area contributed by atoms with Crippen molar-refractivity contribution in [3.8, 4) is 0 Å². The summed E-state index contributed by atoms with van der Waals surface area (Å²) in [7, 11) is 0. The van der Waals surface area contributed by atoms with Crippen LogP contribution in [0.2, 0.25) is 0 Å². The third kappa shape index (κ3) is 3.74. The Kier molecular flexibility index (Phi) is 5.09. The number of aliphatic carboxylic acids is 1. The number of hydrogen-bond acceptors (Lipinski definition) is 7. The maximum atomic E-state index is 11.2. The molecule has 8 heteroatoms. The number of nitrogens with zero attached hydrogens (tertiary/aromatic N) is 2. The number of aromatic nitrogens is 1. The fraction of sp³-hybridized carbons (Fsp3) is 0.238. The number of pyridine rings is 1. The lowest BCUT2D eigenvalue weighted by molar-refractivity contribution is -0.140. The topological polar surface area (TPSA) is 136 Å². The van der Waals surface area contributed by atoms with Crippen LogP contribution < -0.4 is 16.4 Å². The molecule has 1 saturated heterocycles. The van der Waals surface area contributed by atoms with Crippen LogP contribution in [0.1, 0.15) is 18.4 Å². The van der Waals surface area contributed by atoms with Crippen molar-refractivity contribution in [2.24, 2.45) is 16.6 Å². The van der Waals surface area contributed by atoms with E-state index in [1.807, 2.05) is 30.3 Å². The summed E-state index contributed by atoms with van der Waals surface area (Å²) in [4.78, 5) is 20.3. The quantitative estimate of drug-likeness (QED) is 0.505. The van der Waals surface area contributed by atoms with E-state index >= 15 is 0 Å². The molecule has 3 heterocycles. The number of nitrogens with two attached hydrogens (primary N) is 1. The zero-order valence-corrected chi connectivity index (χ0v) is 15.7. The first-order valence-corrected chi connectivity index (χ1v) is 9.44. The monoisotopic (exact) mass is 390 g/mol. The number of benzene rings is 1. The first-order chi connectivity index (χ1) is 14.1. The van der Waals surface area contributed by atoms with Gasteiger partial charge in [0, 0.05) is 41.9 Å². The maximum absolute atomic E-state index is 11.2. The number of carboxylic acids is 1. The van der Waals surface area contributed by atoms with E-state index in [4.69, 9.17) is 21.2 Å². The van der Waals surface area contributed by atoms with E-state index in [9.17, 15) is 4.79 Å². The second-order valence-corrected chi connectivity index (χ2v) is 7.12. The van der Waals surface area contributed by atoms with Crippen LogP contribution >= 0.6 is 0 Å². The van der Waals surface area contributed by atoms with E-state index in [0.29, 0.717) is 36.6 Å². The van der Waals surface area contributed by atoms with E-state index in [0.717, 1.165) is 22.2 Å². The highest BCUT2D eigenvalue weighted by Crippen LogP contribution is 2.27. The first kappa shape index (κ1) is 18.8. The van der Waals surface area contributed by atoms with Crippen molar-refractivity contribution < 1.29 is 9.90 Å². The molecule has 4 rings (SSSR count). The molecule has 29 heavy (non-hydrogen) atoms. The van der Waals surface area contributed by atoms with Gasteiger partial charge in [-0.25, -0.2) is 4.99 Å². The third-order valence-electron chi connectivity index (χ3n) is 5.28. The van der Waals surface area contributed by atoms with Crippen molar-refractivity contribution in [1.29, 1.82) is 5.41 Å². The normalized spacial score (nSPS) is 23.6. The van der Waals surface area contributed by atoms with Gasteiger partial charge in [0.05, 0.1) is 11.2 Å². The molecule has 2 aliphatic heterocycles. The molecule has 0 amide bonds. The Morgan fingerprint density at radius 2 is 2.10 bits per heavy atom. The Bertz CT molecular complexity index is 1060. The predicted molar refractivity (Wildman–Crippen MR) is 112 cm³/mol. The third-order valence-corrected chi connectivity index (χ3v) is 5.28. The minimum Gasteiger partial charge on any atom is -0.480 e. The molecule has 2 atom stereocenters. The van der Waals surface area contributed by atoms with Gasteiger partial charge in [-0.05, 0) is 30.5 Å². The van der Waals surface area contributed by atoms with Crippen molar-refractivity contribution in [2.75, 3.05) is 6.54 Å². The minimum atomic E-state index is -0.831. The van der Waals surface area contributed by atoms with Crippen molar-refractivity contribution in [1.82, 2.24) is 15.6 Å². The molecular weight excluding hydrogens is 368 g/mol. The molecule has 0 radical (unpaired) electrons. The van der Waals surface area contributed by atoms with Gasteiger partial charge >= 0.3 is 5.97 Å². The molecule has 2 aliphatic rings. The molecular formula is C21H22N6O2. The molecule has 8 nitrogen and oxygen atoms in total. The molecule has 2 aromatic rings. The van der Waals surface area contributed by atoms with Gasteiger partial charge in [-0.15, -0.1) is 0 Å². The molecule has 1 aromatic heterocycles. The molecule has 0 aliphatic carbocycles. The second kappa shape index (κ2) is 7.84. The number of carbonyl (C=O) groups is 1. The van der Waals surface area contributed by atoms with Crippen molar-refractivity contribution >= 4 is 34.4 Å². The number of allylic oxidation sites excluding steroid dienone is 2. The molecule has 148 valence electrons. The van der Waals surface area contributed by atoms with Crippen LogP contribution in [0.15, 0.2) is 59.2 Å². The fourth-order valence-corrected chi connectivity index (χ4v) is 3.78. The fourth-order valence-electron chi connectivity index (χ4n) is 3.78. The van der Waals surface area contributed by atoms with E-state index in [-0.39, 0.29) is 5.92 Å². The van der Waals surface area contributed by atoms with E-state index in [2.05, 4.69) is 15.6 Å². The van der Waals surface area contributed by atoms with Crippen molar-refractivity contribution in [2.45, 2.75) is 18.9 Å². The van der Waals surface area contributed by atoms with Crippen molar-refractivity contribution in [3.05, 3.63) is 59.8 Å². The average molecular weight is 390 g/mol. The average Bonchev–Trinajstić information content (AvgIpc) is 2.74. The Morgan fingerprint density at radius 3 is 2.83 bits per heavy atom. The van der Waals surface area contributed by atoms with Crippen LogP contribution in [0.3, 0.4) is 0 Å². The Labute approximate surface area is 167 Å². The van der Waals surface area contributed by atoms with Crippen LogP contribution in [0, 0.1) is 11.3 Å². The lowest BCUT2D eigenvalue weighted by Gasteiger charge is -2.29. The van der Waals surface area contributed by atoms with E-state index in [1.165, 1.54) is 6.21 Å². The highest BCUT2D eigenvalue weighted by molar-refractivity contribution is 6.15. The predicted octanol–water partition coefficient (Wildman–Crippen LogP) is 1.85.